The highest BCUT2D eigenvalue weighted by Gasteiger charge is 2.47. The molecule has 140 valence electrons. The van der Waals surface area contributed by atoms with Crippen LogP contribution in [0.15, 0.2) is 48.5 Å². The molecule has 1 heterocycles. The number of hydrogen-bond donors (Lipinski definition) is 1. The quantitative estimate of drug-likeness (QED) is 0.912. The van der Waals surface area contributed by atoms with Gasteiger partial charge in [0.1, 0.15) is 0 Å². The number of nitrogens with one attached hydrogen (secondary N) is 1. The zero-order chi connectivity index (χ0) is 19.1. The molecule has 2 aliphatic rings. The van der Waals surface area contributed by atoms with Gasteiger partial charge in [0.15, 0.2) is 0 Å². The van der Waals surface area contributed by atoms with Crippen LogP contribution in [-0.2, 0) is 4.79 Å². The molecule has 5 nitrogen and oxygen atoms in total. The molecule has 1 saturated heterocycles. The minimum atomic E-state index is -0.0676. The predicted octanol–water partition coefficient (Wildman–Crippen LogP) is 2.80. The van der Waals surface area contributed by atoms with Crippen LogP contribution in [0.3, 0.4) is 0 Å². The molecule has 3 atom stereocenters. The lowest BCUT2D eigenvalue weighted by atomic mass is 9.94. The molecule has 1 aliphatic carbocycles. The summed E-state index contributed by atoms with van der Waals surface area (Å²) in [6.45, 7) is 3.05. The molecule has 27 heavy (non-hydrogen) atoms. The first-order chi connectivity index (χ1) is 13.0. The number of fused-ring (bicyclic) bond motifs is 3. The van der Waals surface area contributed by atoms with Crippen LogP contribution in [0.4, 0.5) is 5.69 Å². The lowest BCUT2D eigenvalue weighted by molar-refractivity contribution is -0.128. The fraction of sp³-hybridized carbons (Fsp3) is 0.364. The molecule has 0 aromatic heterocycles. The van der Waals surface area contributed by atoms with Gasteiger partial charge in [-0.05, 0) is 35.4 Å². The molecule has 4 rings (SSSR count). The second-order valence-electron chi connectivity index (χ2n) is 7.72. The Morgan fingerprint density at radius 1 is 1.00 bits per heavy atom. The third-order valence-corrected chi connectivity index (χ3v) is 5.90. The summed E-state index contributed by atoms with van der Waals surface area (Å²) in [5.74, 6) is 0.566. The van der Waals surface area contributed by atoms with Crippen LogP contribution in [0.25, 0.3) is 0 Å². The highest BCUT2D eigenvalue weighted by molar-refractivity contribution is 5.95. The van der Waals surface area contributed by atoms with Crippen molar-refractivity contribution in [1.29, 1.82) is 0 Å². The number of carbonyl (C=O) groups excluding carboxylic acids is 2. The molecule has 2 aromatic carbocycles. The molecule has 5 heteroatoms. The average Bonchev–Trinajstić information content (AvgIpc) is 3.21. The molecule has 2 amide bonds. The summed E-state index contributed by atoms with van der Waals surface area (Å²) in [6, 6.07) is 15.9. The molecule has 1 fully saturated rings. The van der Waals surface area contributed by atoms with Crippen molar-refractivity contribution in [3.05, 3.63) is 65.2 Å². The Morgan fingerprint density at radius 2 is 1.67 bits per heavy atom. The van der Waals surface area contributed by atoms with Crippen LogP contribution in [0.2, 0.25) is 0 Å². The highest BCUT2D eigenvalue weighted by atomic mass is 16.2. The van der Waals surface area contributed by atoms with Crippen molar-refractivity contribution >= 4 is 17.5 Å². The van der Waals surface area contributed by atoms with Crippen LogP contribution >= 0.6 is 0 Å². The van der Waals surface area contributed by atoms with Crippen molar-refractivity contribution in [2.24, 2.45) is 5.92 Å². The third-order valence-electron chi connectivity index (χ3n) is 5.90. The van der Waals surface area contributed by atoms with Crippen LogP contribution in [0.5, 0.6) is 0 Å². The van der Waals surface area contributed by atoms with Gasteiger partial charge in [-0.25, -0.2) is 0 Å². The van der Waals surface area contributed by atoms with Gasteiger partial charge in [-0.1, -0.05) is 24.3 Å². The van der Waals surface area contributed by atoms with E-state index in [-0.39, 0.29) is 23.8 Å². The van der Waals surface area contributed by atoms with Crippen LogP contribution in [0, 0.1) is 5.92 Å². The maximum absolute atomic E-state index is 12.9. The van der Waals surface area contributed by atoms with E-state index in [9.17, 15) is 9.59 Å². The van der Waals surface area contributed by atoms with Crippen molar-refractivity contribution in [2.75, 3.05) is 32.1 Å². The van der Waals surface area contributed by atoms with Gasteiger partial charge in [0.25, 0.3) is 5.91 Å². The lowest BCUT2D eigenvalue weighted by Gasteiger charge is -2.22. The van der Waals surface area contributed by atoms with Gasteiger partial charge in [-0.3, -0.25) is 9.59 Å². The van der Waals surface area contributed by atoms with E-state index in [1.165, 1.54) is 11.1 Å². The Morgan fingerprint density at radius 3 is 2.30 bits per heavy atom. The average molecular weight is 363 g/mol. The lowest BCUT2D eigenvalue weighted by Crippen LogP contribution is -2.34. The van der Waals surface area contributed by atoms with E-state index < -0.39 is 0 Å². The second-order valence-corrected chi connectivity index (χ2v) is 7.72. The Hall–Kier alpha value is -2.82. The number of hydrogen-bond acceptors (Lipinski definition) is 3. The maximum Gasteiger partial charge on any atom is 0.251 e. The smallest absolute Gasteiger partial charge is 0.251 e. The van der Waals surface area contributed by atoms with E-state index >= 15 is 0 Å². The van der Waals surface area contributed by atoms with Crippen LogP contribution in [-0.4, -0.2) is 43.9 Å². The van der Waals surface area contributed by atoms with Gasteiger partial charge in [0.05, 0.1) is 6.04 Å². The molecular formula is C22H25N3O2. The van der Waals surface area contributed by atoms with Gasteiger partial charge in [0.2, 0.25) is 5.91 Å². The predicted molar refractivity (Wildman–Crippen MR) is 106 cm³/mol. The largest absolute Gasteiger partial charge is 0.378 e. The van der Waals surface area contributed by atoms with Gasteiger partial charge < -0.3 is 15.1 Å². The Labute approximate surface area is 160 Å². The fourth-order valence-corrected chi connectivity index (χ4v) is 4.44. The maximum atomic E-state index is 12.9. The number of nitrogens with zero attached hydrogens (tertiary/aromatic N) is 2. The van der Waals surface area contributed by atoms with Crippen LogP contribution in [0.1, 0.15) is 40.4 Å². The van der Waals surface area contributed by atoms with Crippen molar-refractivity contribution < 1.29 is 9.59 Å². The Bertz CT molecular complexity index is 875. The first-order valence-corrected chi connectivity index (χ1v) is 9.38. The summed E-state index contributed by atoms with van der Waals surface area (Å²) in [6.07, 6.45) is 0. The standard InChI is InChI=1S/C22H25N3O2/c1-14(26)25-12-19-17-6-4-5-7-18(17)21(20(19)13-25)23-22(27)15-8-10-16(11-9-15)24(2)3/h4-11,19-21H,12-13H2,1-3H3,(H,23,27)/t19-,20-,21-/m0/s1. The minimum Gasteiger partial charge on any atom is -0.378 e. The molecule has 1 aliphatic heterocycles. The number of anilines is 1. The fourth-order valence-electron chi connectivity index (χ4n) is 4.44. The van der Waals surface area contributed by atoms with Crippen molar-refractivity contribution in [3.8, 4) is 0 Å². The Balaban J connectivity index is 1.58. The summed E-state index contributed by atoms with van der Waals surface area (Å²) in [5, 5.41) is 3.24. The van der Waals surface area contributed by atoms with Crippen LogP contribution < -0.4 is 10.2 Å². The van der Waals surface area contributed by atoms with Gasteiger partial charge >= 0.3 is 0 Å². The molecule has 0 spiro atoms. The molecule has 0 saturated carbocycles. The topological polar surface area (TPSA) is 52.7 Å². The van der Waals surface area contributed by atoms with Gasteiger partial charge in [-0.15, -0.1) is 0 Å². The van der Waals surface area contributed by atoms with E-state index in [1.54, 1.807) is 6.92 Å². The van der Waals surface area contributed by atoms with E-state index in [1.807, 2.05) is 60.3 Å². The number of benzene rings is 2. The van der Waals surface area contributed by atoms with Crippen molar-refractivity contribution in [3.63, 3.8) is 0 Å². The summed E-state index contributed by atoms with van der Waals surface area (Å²) >= 11 is 0. The monoisotopic (exact) mass is 363 g/mol. The number of rotatable bonds is 3. The van der Waals surface area contributed by atoms with Crippen molar-refractivity contribution in [1.82, 2.24) is 10.2 Å². The van der Waals surface area contributed by atoms with E-state index in [2.05, 4.69) is 17.4 Å². The summed E-state index contributed by atoms with van der Waals surface area (Å²) < 4.78 is 0. The number of amides is 2. The summed E-state index contributed by atoms with van der Waals surface area (Å²) in [7, 11) is 3.96. The molecule has 0 unspecified atom stereocenters. The molecule has 2 aromatic rings. The van der Waals surface area contributed by atoms with Crippen molar-refractivity contribution in [2.45, 2.75) is 18.9 Å². The first kappa shape index (κ1) is 17.6. The van der Waals surface area contributed by atoms with E-state index in [0.717, 1.165) is 12.2 Å². The molecular weight excluding hydrogens is 338 g/mol. The first-order valence-electron chi connectivity index (χ1n) is 9.38. The summed E-state index contributed by atoms with van der Waals surface area (Å²) in [5.41, 5.74) is 4.17. The van der Waals surface area contributed by atoms with Gasteiger partial charge in [0, 0.05) is 57.2 Å². The second kappa shape index (κ2) is 6.72. The normalized spacial score (nSPS) is 22.9. The molecule has 1 N–H and O–H groups in total. The molecule has 0 bridgehead atoms. The van der Waals surface area contributed by atoms with Gasteiger partial charge in [-0.2, -0.15) is 0 Å². The number of likely N-dealkylation sites (tertiary alicyclic amines) is 1. The summed E-state index contributed by atoms with van der Waals surface area (Å²) in [4.78, 5) is 28.7. The zero-order valence-electron chi connectivity index (χ0n) is 16.0. The highest BCUT2D eigenvalue weighted by Crippen LogP contribution is 2.49. The zero-order valence-corrected chi connectivity index (χ0v) is 16.0. The minimum absolute atomic E-state index is 0.0587. The Kier molecular flexibility index (Phi) is 4.38. The SMILES string of the molecule is CC(=O)N1C[C@H]2[C@@H](C1)c1ccccc1[C@@H]2NC(=O)c1ccc(N(C)C)cc1. The van der Waals surface area contributed by atoms with E-state index in [0.29, 0.717) is 18.0 Å². The third kappa shape index (κ3) is 3.07. The molecule has 0 radical (unpaired) electrons. The number of carbonyl (C=O) groups is 2. The van der Waals surface area contributed by atoms with E-state index in [4.69, 9.17) is 0 Å².